The van der Waals surface area contributed by atoms with E-state index in [-0.39, 0.29) is 18.3 Å². The topological polar surface area (TPSA) is 60.3 Å². The Morgan fingerprint density at radius 1 is 1.00 bits per heavy atom. The number of nitrogens with zero attached hydrogens (tertiary/aromatic N) is 1. The average Bonchev–Trinajstić information content (AvgIpc) is 3.51. The number of hydrogen-bond acceptors (Lipinski definition) is 3. The van der Waals surface area contributed by atoms with E-state index in [1.54, 1.807) is 24.3 Å². The van der Waals surface area contributed by atoms with Crippen molar-refractivity contribution in [1.29, 1.82) is 0 Å². The smallest absolute Gasteiger partial charge is 0.259 e. The number of rotatable bonds is 7. The van der Waals surface area contributed by atoms with Crippen LogP contribution in [0.5, 0.6) is 5.75 Å². The van der Waals surface area contributed by atoms with Crippen LogP contribution >= 0.6 is 0 Å². The van der Waals surface area contributed by atoms with Crippen LogP contribution in [-0.4, -0.2) is 22.9 Å². The zero-order chi connectivity index (χ0) is 20.4. The highest BCUT2D eigenvalue weighted by atomic mass is 16.5. The van der Waals surface area contributed by atoms with Crippen LogP contribution in [0.25, 0.3) is 0 Å². The number of Topliss-reactive ketones (excluding diaryl/α,β-unsaturated/α-hetero) is 1. The van der Waals surface area contributed by atoms with Gasteiger partial charge < -0.3 is 14.6 Å². The molecule has 1 amide bonds. The lowest BCUT2D eigenvalue weighted by Gasteiger charge is -2.12. The molecule has 0 aliphatic heterocycles. The van der Waals surface area contributed by atoms with E-state index < -0.39 is 0 Å². The number of ketones is 1. The van der Waals surface area contributed by atoms with Gasteiger partial charge in [-0.05, 0) is 57.0 Å². The molecule has 1 heterocycles. The second kappa shape index (κ2) is 7.95. The fourth-order valence-corrected chi connectivity index (χ4v) is 3.68. The fourth-order valence-electron chi connectivity index (χ4n) is 3.68. The second-order valence-corrected chi connectivity index (χ2v) is 7.41. The van der Waals surface area contributed by atoms with Crippen LogP contribution in [0, 0.1) is 13.8 Å². The van der Waals surface area contributed by atoms with Crippen LogP contribution in [0.15, 0.2) is 60.7 Å². The summed E-state index contributed by atoms with van der Waals surface area (Å²) in [5.74, 6) is 0.0414. The molecular weight excluding hydrogens is 364 g/mol. The highest BCUT2D eigenvalue weighted by Gasteiger charge is 2.28. The van der Waals surface area contributed by atoms with Crippen LogP contribution in [0.2, 0.25) is 0 Å². The summed E-state index contributed by atoms with van der Waals surface area (Å²) >= 11 is 0. The number of aryl methyl sites for hydroxylation is 1. The minimum Gasteiger partial charge on any atom is -0.485 e. The van der Waals surface area contributed by atoms with Gasteiger partial charge in [-0.15, -0.1) is 0 Å². The van der Waals surface area contributed by atoms with Crippen LogP contribution in [0.4, 0.5) is 5.69 Å². The largest absolute Gasteiger partial charge is 0.485 e. The molecule has 0 spiro atoms. The lowest BCUT2D eigenvalue weighted by Crippen LogP contribution is -2.17. The van der Waals surface area contributed by atoms with Crippen LogP contribution in [0.3, 0.4) is 0 Å². The number of amides is 1. The average molecular weight is 388 g/mol. The van der Waals surface area contributed by atoms with Crippen molar-refractivity contribution in [3.05, 3.63) is 83.2 Å². The maximum atomic E-state index is 12.8. The van der Waals surface area contributed by atoms with Crippen molar-refractivity contribution in [1.82, 2.24) is 4.57 Å². The molecule has 5 heteroatoms. The summed E-state index contributed by atoms with van der Waals surface area (Å²) in [5.41, 5.74) is 3.90. The molecule has 1 aliphatic carbocycles. The van der Waals surface area contributed by atoms with E-state index in [0.717, 1.165) is 11.4 Å². The molecular formula is C24H24N2O3. The number of benzene rings is 2. The van der Waals surface area contributed by atoms with E-state index in [2.05, 4.69) is 9.88 Å². The lowest BCUT2D eigenvalue weighted by atomic mass is 10.1. The van der Waals surface area contributed by atoms with E-state index >= 15 is 0 Å². The number of carbonyl (C=O) groups excluding carboxylic acids is 2. The number of aromatic nitrogens is 1. The lowest BCUT2D eigenvalue weighted by molar-refractivity contribution is 0.0913. The summed E-state index contributed by atoms with van der Waals surface area (Å²) in [6, 6.07) is 18.7. The number of nitrogens with one attached hydrogen (secondary N) is 1. The molecule has 0 atom stereocenters. The molecule has 0 unspecified atom stereocenters. The van der Waals surface area contributed by atoms with Gasteiger partial charge >= 0.3 is 0 Å². The standard InChI is InChI=1S/C24H24N2O3/c1-16-14-21(17(2)26(16)19-12-13-19)22(27)15-29-23-11-7-6-10-20(23)24(28)25-18-8-4-3-5-9-18/h3-11,14,19H,12-13,15H2,1-2H3,(H,25,28). The van der Waals surface area contributed by atoms with Crippen molar-refractivity contribution in [3.8, 4) is 5.75 Å². The minimum atomic E-state index is -0.272. The molecule has 1 aliphatic rings. The Balaban J connectivity index is 1.47. The van der Waals surface area contributed by atoms with Crippen LogP contribution in [-0.2, 0) is 0 Å². The fraction of sp³-hybridized carbons (Fsp3) is 0.250. The Labute approximate surface area is 170 Å². The summed E-state index contributed by atoms with van der Waals surface area (Å²) < 4.78 is 8.02. The van der Waals surface area contributed by atoms with Gasteiger partial charge in [0.15, 0.2) is 6.61 Å². The van der Waals surface area contributed by atoms with Gasteiger partial charge in [0.2, 0.25) is 5.78 Å². The number of ether oxygens (including phenoxy) is 1. The van der Waals surface area contributed by atoms with E-state index in [0.29, 0.717) is 28.6 Å². The van der Waals surface area contributed by atoms with Gasteiger partial charge in [-0.3, -0.25) is 9.59 Å². The van der Waals surface area contributed by atoms with Crippen molar-refractivity contribution in [2.24, 2.45) is 0 Å². The molecule has 0 bridgehead atoms. The molecule has 4 rings (SSSR count). The predicted octanol–water partition coefficient (Wildman–Crippen LogP) is 4.95. The zero-order valence-corrected chi connectivity index (χ0v) is 16.6. The quantitative estimate of drug-likeness (QED) is 0.582. The molecule has 0 radical (unpaired) electrons. The van der Waals surface area contributed by atoms with Gasteiger partial charge in [0.05, 0.1) is 5.56 Å². The molecule has 148 valence electrons. The Bertz CT molecular complexity index is 1050. The first-order valence-corrected chi connectivity index (χ1v) is 9.84. The molecule has 3 aromatic rings. The van der Waals surface area contributed by atoms with E-state index in [9.17, 15) is 9.59 Å². The molecule has 1 N–H and O–H groups in total. The molecule has 1 aromatic heterocycles. The van der Waals surface area contributed by atoms with Gasteiger partial charge in [0.1, 0.15) is 5.75 Å². The third-order valence-electron chi connectivity index (χ3n) is 5.22. The summed E-state index contributed by atoms with van der Waals surface area (Å²) in [6.45, 7) is 3.91. The second-order valence-electron chi connectivity index (χ2n) is 7.41. The maximum absolute atomic E-state index is 12.8. The number of anilines is 1. The van der Waals surface area contributed by atoms with Crippen LogP contribution < -0.4 is 10.1 Å². The first kappa shape index (κ1) is 19.0. The number of para-hydroxylation sites is 2. The highest BCUT2D eigenvalue weighted by molar-refractivity contribution is 6.06. The van der Waals surface area contributed by atoms with Crippen molar-refractivity contribution in [3.63, 3.8) is 0 Å². The summed E-state index contributed by atoms with van der Waals surface area (Å²) in [6.07, 6.45) is 2.34. The Morgan fingerprint density at radius 2 is 1.69 bits per heavy atom. The van der Waals surface area contributed by atoms with Crippen molar-refractivity contribution >= 4 is 17.4 Å². The van der Waals surface area contributed by atoms with E-state index in [4.69, 9.17) is 4.74 Å². The minimum absolute atomic E-state index is 0.0803. The van der Waals surface area contributed by atoms with Crippen molar-refractivity contribution in [2.75, 3.05) is 11.9 Å². The Hall–Kier alpha value is -3.34. The summed E-state index contributed by atoms with van der Waals surface area (Å²) in [7, 11) is 0. The van der Waals surface area contributed by atoms with E-state index in [1.807, 2.05) is 50.2 Å². The molecule has 0 saturated heterocycles. The van der Waals surface area contributed by atoms with Gasteiger partial charge in [0.25, 0.3) is 5.91 Å². The SMILES string of the molecule is Cc1cc(C(=O)COc2ccccc2C(=O)Nc2ccccc2)c(C)n1C1CC1. The third kappa shape index (κ3) is 4.09. The first-order valence-electron chi connectivity index (χ1n) is 9.84. The summed E-state index contributed by atoms with van der Waals surface area (Å²) in [4.78, 5) is 25.4. The number of hydrogen-bond donors (Lipinski definition) is 1. The van der Waals surface area contributed by atoms with Gasteiger partial charge in [0, 0.05) is 28.7 Å². The maximum Gasteiger partial charge on any atom is 0.259 e. The molecule has 1 fully saturated rings. The third-order valence-corrected chi connectivity index (χ3v) is 5.22. The predicted molar refractivity (Wildman–Crippen MR) is 113 cm³/mol. The Kier molecular flexibility index (Phi) is 5.21. The van der Waals surface area contributed by atoms with Crippen LogP contribution in [0.1, 0.15) is 51.0 Å². The van der Waals surface area contributed by atoms with Crippen molar-refractivity contribution in [2.45, 2.75) is 32.7 Å². The molecule has 2 aromatic carbocycles. The van der Waals surface area contributed by atoms with Crippen molar-refractivity contribution < 1.29 is 14.3 Å². The molecule has 29 heavy (non-hydrogen) atoms. The van der Waals surface area contributed by atoms with Gasteiger partial charge in [-0.2, -0.15) is 0 Å². The van der Waals surface area contributed by atoms with Gasteiger partial charge in [-0.1, -0.05) is 30.3 Å². The van der Waals surface area contributed by atoms with E-state index in [1.165, 1.54) is 12.8 Å². The summed E-state index contributed by atoms with van der Waals surface area (Å²) in [5, 5.41) is 2.85. The monoisotopic (exact) mass is 388 g/mol. The normalized spacial score (nSPS) is 13.2. The molecule has 1 saturated carbocycles. The Morgan fingerprint density at radius 3 is 2.41 bits per heavy atom. The highest BCUT2D eigenvalue weighted by Crippen LogP contribution is 2.38. The molecule has 5 nitrogen and oxygen atoms in total. The first-order chi connectivity index (χ1) is 14.0. The number of carbonyl (C=O) groups is 2. The van der Waals surface area contributed by atoms with Gasteiger partial charge in [-0.25, -0.2) is 0 Å². The zero-order valence-electron chi connectivity index (χ0n) is 16.6.